The van der Waals surface area contributed by atoms with Crippen LogP contribution >= 0.6 is 11.3 Å². The predicted molar refractivity (Wildman–Crippen MR) is 92.4 cm³/mol. The number of carbonyl (C=O) groups is 2. The number of likely N-dealkylation sites (tertiary alicyclic amines) is 1. The summed E-state index contributed by atoms with van der Waals surface area (Å²) in [6.07, 6.45) is 0.648. The van der Waals surface area contributed by atoms with Gasteiger partial charge in [0.25, 0.3) is 5.91 Å². The number of rotatable bonds is 4. The van der Waals surface area contributed by atoms with E-state index >= 15 is 0 Å². The second-order valence-corrected chi connectivity index (χ2v) is 7.38. The first-order valence-electron chi connectivity index (χ1n) is 8.14. The summed E-state index contributed by atoms with van der Waals surface area (Å²) in [4.78, 5) is 31.0. The number of benzene rings is 1. The molecule has 0 radical (unpaired) electrons. The zero-order chi connectivity index (χ0) is 18.1. The largest absolute Gasteiger partial charge is 0.481 e. The van der Waals surface area contributed by atoms with E-state index in [2.05, 4.69) is 4.98 Å². The number of hydrogen-bond donors (Lipinski definition) is 1. The SMILES string of the molecule is CCc1nc(C)sc1C(=O)N1C[C@H](C(=O)O)[C@@H](c2cccc(F)c2)C1. The highest BCUT2D eigenvalue weighted by Gasteiger charge is 2.41. The van der Waals surface area contributed by atoms with Crippen LogP contribution in [0.25, 0.3) is 0 Å². The molecule has 1 aliphatic rings. The van der Waals surface area contributed by atoms with Crippen molar-refractivity contribution in [2.75, 3.05) is 13.1 Å². The van der Waals surface area contributed by atoms with Crippen molar-refractivity contribution in [2.45, 2.75) is 26.2 Å². The van der Waals surface area contributed by atoms with Gasteiger partial charge >= 0.3 is 5.97 Å². The Balaban J connectivity index is 1.89. The molecular formula is C18H19FN2O3S. The van der Waals surface area contributed by atoms with Crippen molar-refractivity contribution in [2.24, 2.45) is 5.92 Å². The average molecular weight is 362 g/mol. The normalized spacial score (nSPS) is 20.0. The number of halogens is 1. The minimum absolute atomic E-state index is 0.120. The Hall–Kier alpha value is -2.28. The van der Waals surface area contributed by atoms with Crippen molar-refractivity contribution in [3.05, 3.63) is 51.2 Å². The lowest BCUT2D eigenvalue weighted by atomic mass is 9.89. The molecule has 1 N–H and O–H groups in total. The number of thiazole rings is 1. The Bertz CT molecular complexity index is 820. The summed E-state index contributed by atoms with van der Waals surface area (Å²) in [7, 11) is 0. The molecule has 0 saturated carbocycles. The van der Waals surface area contributed by atoms with Gasteiger partial charge in [-0.15, -0.1) is 11.3 Å². The smallest absolute Gasteiger partial charge is 0.308 e. The van der Waals surface area contributed by atoms with Gasteiger partial charge in [0.05, 0.1) is 16.6 Å². The lowest BCUT2D eigenvalue weighted by molar-refractivity contribution is -0.141. The molecule has 0 unspecified atom stereocenters. The molecule has 132 valence electrons. The summed E-state index contributed by atoms with van der Waals surface area (Å²) >= 11 is 1.33. The number of carboxylic acids is 1. The Morgan fingerprint density at radius 3 is 2.80 bits per heavy atom. The molecule has 2 aromatic rings. The Kier molecular flexibility index (Phi) is 4.85. The second-order valence-electron chi connectivity index (χ2n) is 6.18. The van der Waals surface area contributed by atoms with E-state index in [4.69, 9.17) is 0 Å². The topological polar surface area (TPSA) is 70.5 Å². The Labute approximate surface area is 149 Å². The highest BCUT2D eigenvalue weighted by molar-refractivity contribution is 7.13. The Morgan fingerprint density at radius 1 is 1.40 bits per heavy atom. The summed E-state index contributed by atoms with van der Waals surface area (Å²) in [5.41, 5.74) is 1.35. The van der Waals surface area contributed by atoms with Crippen LogP contribution in [0.3, 0.4) is 0 Å². The van der Waals surface area contributed by atoms with Crippen LogP contribution in [0.4, 0.5) is 4.39 Å². The molecule has 0 spiro atoms. The first kappa shape index (κ1) is 17.5. The molecule has 1 amide bonds. The van der Waals surface area contributed by atoms with E-state index in [-0.39, 0.29) is 19.0 Å². The molecule has 1 aliphatic heterocycles. The lowest BCUT2D eigenvalue weighted by Crippen LogP contribution is -2.30. The first-order valence-corrected chi connectivity index (χ1v) is 8.96. The molecule has 2 heterocycles. The fourth-order valence-electron chi connectivity index (χ4n) is 3.32. The van der Waals surface area contributed by atoms with Crippen molar-refractivity contribution < 1.29 is 19.1 Å². The van der Waals surface area contributed by atoms with Gasteiger partial charge in [0.15, 0.2) is 0 Å². The average Bonchev–Trinajstić information content (AvgIpc) is 3.18. The minimum atomic E-state index is -0.972. The number of amides is 1. The second kappa shape index (κ2) is 6.92. The van der Waals surface area contributed by atoms with Gasteiger partial charge in [0, 0.05) is 19.0 Å². The van der Waals surface area contributed by atoms with E-state index in [0.717, 1.165) is 10.7 Å². The molecular weight excluding hydrogens is 343 g/mol. The van der Waals surface area contributed by atoms with E-state index in [0.29, 0.717) is 16.9 Å². The van der Waals surface area contributed by atoms with Crippen LogP contribution in [0.15, 0.2) is 24.3 Å². The van der Waals surface area contributed by atoms with Crippen molar-refractivity contribution in [1.82, 2.24) is 9.88 Å². The van der Waals surface area contributed by atoms with Crippen molar-refractivity contribution in [1.29, 1.82) is 0 Å². The van der Waals surface area contributed by atoms with Crippen LogP contribution in [0.5, 0.6) is 0 Å². The number of nitrogens with zero attached hydrogens (tertiary/aromatic N) is 2. The van der Waals surface area contributed by atoms with Gasteiger partial charge in [-0.25, -0.2) is 9.37 Å². The van der Waals surface area contributed by atoms with Gasteiger partial charge in [-0.05, 0) is 31.0 Å². The maximum atomic E-state index is 13.5. The molecule has 0 bridgehead atoms. The fraction of sp³-hybridized carbons (Fsp3) is 0.389. The van der Waals surface area contributed by atoms with Crippen molar-refractivity contribution >= 4 is 23.2 Å². The number of carbonyl (C=O) groups excluding carboxylic acids is 1. The standard InChI is InChI=1S/C18H19FN2O3S/c1-3-15-16(25-10(2)20-15)17(22)21-8-13(14(9-21)18(23)24)11-5-4-6-12(19)7-11/h4-7,13-14H,3,8-9H2,1-2H3,(H,23,24)/t13-,14+/m1/s1. The molecule has 7 heteroatoms. The molecule has 5 nitrogen and oxygen atoms in total. The molecule has 1 saturated heterocycles. The van der Waals surface area contributed by atoms with Crippen LogP contribution in [-0.4, -0.2) is 40.0 Å². The van der Waals surface area contributed by atoms with Gasteiger partial charge in [0.1, 0.15) is 10.7 Å². The summed E-state index contributed by atoms with van der Waals surface area (Å²) in [6, 6.07) is 5.95. The highest BCUT2D eigenvalue weighted by atomic mass is 32.1. The summed E-state index contributed by atoms with van der Waals surface area (Å²) in [5, 5.41) is 10.4. The third-order valence-corrected chi connectivity index (χ3v) is 5.54. The van der Waals surface area contributed by atoms with E-state index in [9.17, 15) is 19.1 Å². The van der Waals surface area contributed by atoms with Crippen molar-refractivity contribution in [3.63, 3.8) is 0 Å². The predicted octanol–water partition coefficient (Wildman–Crippen LogP) is 3.09. The van der Waals surface area contributed by atoms with E-state index in [1.807, 2.05) is 13.8 Å². The van der Waals surface area contributed by atoms with Gasteiger partial charge in [0.2, 0.25) is 0 Å². The van der Waals surface area contributed by atoms with Crippen LogP contribution in [0, 0.1) is 18.7 Å². The minimum Gasteiger partial charge on any atom is -0.481 e. The van der Waals surface area contributed by atoms with Crippen molar-refractivity contribution in [3.8, 4) is 0 Å². The molecule has 1 aromatic heterocycles. The van der Waals surface area contributed by atoms with E-state index in [1.165, 1.54) is 23.5 Å². The molecule has 0 aliphatic carbocycles. The van der Waals surface area contributed by atoms with Crippen LogP contribution in [0.2, 0.25) is 0 Å². The summed E-state index contributed by atoms with van der Waals surface area (Å²) in [5.74, 6) is -2.73. The zero-order valence-electron chi connectivity index (χ0n) is 14.0. The number of carboxylic acid groups (broad SMARTS) is 1. The maximum absolute atomic E-state index is 13.5. The van der Waals surface area contributed by atoms with Crippen LogP contribution in [0.1, 0.15) is 38.8 Å². The third kappa shape index (κ3) is 3.42. The van der Waals surface area contributed by atoms with Crippen LogP contribution < -0.4 is 0 Å². The summed E-state index contributed by atoms with van der Waals surface area (Å²) < 4.78 is 13.5. The number of hydrogen-bond acceptors (Lipinski definition) is 4. The van der Waals surface area contributed by atoms with E-state index < -0.39 is 23.6 Å². The molecule has 2 atom stereocenters. The van der Waals surface area contributed by atoms with E-state index in [1.54, 1.807) is 17.0 Å². The first-order chi connectivity index (χ1) is 11.9. The number of aryl methyl sites for hydroxylation is 2. The van der Waals surface area contributed by atoms with Crippen LogP contribution in [-0.2, 0) is 11.2 Å². The quantitative estimate of drug-likeness (QED) is 0.907. The molecule has 1 aromatic carbocycles. The van der Waals surface area contributed by atoms with Gasteiger partial charge < -0.3 is 10.0 Å². The lowest BCUT2D eigenvalue weighted by Gasteiger charge is -2.16. The van der Waals surface area contributed by atoms with Gasteiger partial charge in [-0.1, -0.05) is 19.1 Å². The monoisotopic (exact) mass is 362 g/mol. The summed E-state index contributed by atoms with van der Waals surface area (Å²) in [6.45, 7) is 4.17. The zero-order valence-corrected chi connectivity index (χ0v) is 14.8. The molecule has 25 heavy (non-hydrogen) atoms. The third-order valence-electron chi connectivity index (χ3n) is 4.53. The molecule has 1 fully saturated rings. The number of aliphatic carboxylic acids is 1. The fourth-order valence-corrected chi connectivity index (χ4v) is 4.29. The molecule has 3 rings (SSSR count). The maximum Gasteiger partial charge on any atom is 0.308 e. The number of aromatic nitrogens is 1. The van der Waals surface area contributed by atoms with Gasteiger partial charge in [-0.3, -0.25) is 9.59 Å². The highest BCUT2D eigenvalue weighted by Crippen LogP contribution is 2.35. The Morgan fingerprint density at radius 2 is 2.16 bits per heavy atom. The van der Waals surface area contributed by atoms with Gasteiger partial charge in [-0.2, -0.15) is 0 Å².